The Labute approximate surface area is 130 Å². The monoisotopic (exact) mass is 394 g/mol. The Morgan fingerprint density at radius 1 is 1.05 bits per heavy atom. The van der Waals surface area contributed by atoms with Gasteiger partial charge in [-0.05, 0) is 0 Å². The third-order valence-electron chi connectivity index (χ3n) is 3.56. The molecular weight excluding hydrogens is 364 g/mol. The molecule has 0 saturated carbocycles. The van der Waals surface area contributed by atoms with Gasteiger partial charge in [0, 0.05) is 0 Å². The van der Waals surface area contributed by atoms with Gasteiger partial charge in [-0.25, -0.2) is 0 Å². The summed E-state index contributed by atoms with van der Waals surface area (Å²) in [5.74, 6) is 0. The summed E-state index contributed by atoms with van der Waals surface area (Å²) in [7, 11) is 1.75. The van der Waals surface area contributed by atoms with Gasteiger partial charge >= 0.3 is 131 Å². The Morgan fingerprint density at radius 2 is 1.70 bits per heavy atom. The molecule has 0 aliphatic heterocycles. The Bertz CT molecular complexity index is 365. The molecule has 0 amide bonds. The Balaban J connectivity index is 2.24. The summed E-state index contributed by atoms with van der Waals surface area (Å²) in [6.07, 6.45) is 9.01. The first-order chi connectivity index (χ1) is 9.77. The molecule has 0 N–H and O–H groups in total. The molecular formula is C17H28O2Te. The van der Waals surface area contributed by atoms with E-state index in [1.54, 1.807) is 7.11 Å². The van der Waals surface area contributed by atoms with Gasteiger partial charge in [-0.1, -0.05) is 0 Å². The summed E-state index contributed by atoms with van der Waals surface area (Å²) in [5.41, 5.74) is 0. The molecule has 1 aromatic rings. The molecule has 0 bridgehead atoms. The van der Waals surface area contributed by atoms with E-state index in [0.717, 1.165) is 14.5 Å². The van der Waals surface area contributed by atoms with Gasteiger partial charge in [-0.3, -0.25) is 0 Å². The summed E-state index contributed by atoms with van der Waals surface area (Å²) in [4.78, 5) is 0. The molecule has 0 aliphatic carbocycles. The van der Waals surface area contributed by atoms with Crippen LogP contribution < -0.4 is 3.61 Å². The number of methoxy groups -OCH3 is 1. The van der Waals surface area contributed by atoms with Gasteiger partial charge in [0.1, 0.15) is 0 Å². The molecule has 1 unspecified atom stereocenters. The van der Waals surface area contributed by atoms with E-state index in [1.807, 2.05) is 30.3 Å². The van der Waals surface area contributed by atoms with Crippen LogP contribution in [0.3, 0.4) is 0 Å². The molecule has 2 nitrogen and oxygen atoms in total. The van der Waals surface area contributed by atoms with Crippen molar-refractivity contribution in [1.29, 1.82) is 0 Å². The van der Waals surface area contributed by atoms with Crippen LogP contribution in [-0.2, 0) is 7.84 Å². The summed E-state index contributed by atoms with van der Waals surface area (Å²) < 4.78 is 19.7. The van der Waals surface area contributed by atoms with E-state index < -0.39 is 19.5 Å². The number of hydrogen-bond donors (Lipinski definition) is 0. The van der Waals surface area contributed by atoms with Crippen molar-refractivity contribution in [3.63, 3.8) is 0 Å². The van der Waals surface area contributed by atoms with Crippen molar-refractivity contribution in [1.82, 2.24) is 0 Å². The van der Waals surface area contributed by atoms with E-state index >= 15 is 0 Å². The first kappa shape index (κ1) is 17.8. The van der Waals surface area contributed by atoms with Crippen LogP contribution in [0.4, 0.5) is 0 Å². The first-order valence-corrected chi connectivity index (χ1v) is 11.5. The van der Waals surface area contributed by atoms with Crippen molar-refractivity contribution in [2.45, 2.75) is 62.4 Å². The maximum absolute atomic E-state index is 12.4. The predicted octanol–water partition coefficient (Wildman–Crippen LogP) is 4.08. The summed E-state index contributed by atoms with van der Waals surface area (Å²) in [6.45, 7) is 2.24. The zero-order chi connectivity index (χ0) is 14.6. The van der Waals surface area contributed by atoms with Gasteiger partial charge < -0.3 is 0 Å². The fourth-order valence-corrected chi connectivity index (χ4v) is 5.95. The second-order valence-corrected chi connectivity index (χ2v) is 9.51. The van der Waals surface area contributed by atoms with E-state index in [1.165, 1.54) is 38.5 Å². The van der Waals surface area contributed by atoms with Crippen LogP contribution in [-0.4, -0.2) is 32.7 Å². The molecule has 3 heteroatoms. The Morgan fingerprint density at radius 3 is 2.35 bits per heavy atom. The summed E-state index contributed by atoms with van der Waals surface area (Å²) in [5, 5.41) is 0. The molecule has 114 valence electrons. The molecule has 1 atom stereocenters. The molecule has 0 aromatic heterocycles. The standard InChI is InChI=1S/C17H28O2Te/c1-3-4-5-6-7-9-12-16(19-2)15-20(18)17-13-10-8-11-14-17/h8,10-11,13-14,16H,3-7,9,12,15H2,1-2H3. The van der Waals surface area contributed by atoms with E-state index in [9.17, 15) is 3.10 Å². The van der Waals surface area contributed by atoms with Crippen molar-refractivity contribution < 1.29 is 7.84 Å². The number of rotatable bonds is 11. The zero-order valence-corrected chi connectivity index (χ0v) is 15.2. The third kappa shape index (κ3) is 7.53. The topological polar surface area (TPSA) is 26.3 Å². The summed E-state index contributed by atoms with van der Waals surface area (Å²) in [6, 6.07) is 9.88. The van der Waals surface area contributed by atoms with Crippen LogP contribution in [0.25, 0.3) is 0 Å². The van der Waals surface area contributed by atoms with Crippen LogP contribution in [0.1, 0.15) is 51.9 Å². The first-order valence-electron chi connectivity index (χ1n) is 7.74. The van der Waals surface area contributed by atoms with Crippen LogP contribution in [0, 0.1) is 0 Å². The van der Waals surface area contributed by atoms with Crippen molar-refractivity contribution >= 4 is 23.1 Å². The molecule has 20 heavy (non-hydrogen) atoms. The van der Waals surface area contributed by atoms with E-state index in [0.29, 0.717) is 0 Å². The molecule has 1 aromatic carbocycles. The number of ether oxygens (including phenoxy) is 1. The van der Waals surface area contributed by atoms with E-state index in [2.05, 4.69) is 6.92 Å². The SMILES string of the molecule is CCCCCCCCC(C[Te](=O)c1ccccc1)OC. The van der Waals surface area contributed by atoms with Gasteiger partial charge in [0.2, 0.25) is 0 Å². The normalized spacial score (nSPS) is 12.8. The van der Waals surface area contributed by atoms with Crippen molar-refractivity contribution in [3.05, 3.63) is 30.3 Å². The molecule has 0 aliphatic rings. The number of unbranched alkanes of at least 4 members (excludes halogenated alkanes) is 5. The predicted molar refractivity (Wildman–Crippen MR) is 86.1 cm³/mol. The van der Waals surface area contributed by atoms with Crippen LogP contribution in [0.5, 0.6) is 0 Å². The van der Waals surface area contributed by atoms with Gasteiger partial charge in [-0.15, -0.1) is 0 Å². The molecule has 1 rings (SSSR count). The maximum atomic E-state index is 12.4. The van der Waals surface area contributed by atoms with E-state index in [-0.39, 0.29) is 6.10 Å². The molecule has 0 saturated heterocycles. The Kier molecular flexibility index (Phi) is 10.2. The Hall–Kier alpha value is -0.230. The molecule has 0 heterocycles. The van der Waals surface area contributed by atoms with E-state index in [4.69, 9.17) is 4.74 Å². The summed E-state index contributed by atoms with van der Waals surface area (Å²) >= 11 is -2.40. The van der Waals surface area contributed by atoms with Crippen molar-refractivity contribution in [3.8, 4) is 0 Å². The van der Waals surface area contributed by atoms with Gasteiger partial charge in [0.15, 0.2) is 0 Å². The van der Waals surface area contributed by atoms with Crippen LogP contribution in [0.15, 0.2) is 30.3 Å². The average Bonchev–Trinajstić information content (AvgIpc) is 2.50. The molecule has 0 fully saturated rings. The van der Waals surface area contributed by atoms with Gasteiger partial charge in [0.25, 0.3) is 0 Å². The quantitative estimate of drug-likeness (QED) is 0.419. The second-order valence-electron chi connectivity index (χ2n) is 5.24. The average molecular weight is 392 g/mol. The molecule has 0 radical (unpaired) electrons. The van der Waals surface area contributed by atoms with Crippen LogP contribution >= 0.6 is 0 Å². The van der Waals surface area contributed by atoms with Gasteiger partial charge in [0.05, 0.1) is 0 Å². The second kappa shape index (κ2) is 11.4. The minimum absolute atomic E-state index is 0.176. The number of hydrogen-bond acceptors (Lipinski definition) is 2. The zero-order valence-electron chi connectivity index (χ0n) is 12.8. The molecule has 0 spiro atoms. The fourth-order valence-electron chi connectivity index (χ4n) is 2.26. The van der Waals surface area contributed by atoms with Crippen LogP contribution in [0.2, 0.25) is 4.47 Å². The number of benzene rings is 1. The fraction of sp³-hybridized carbons (Fsp3) is 0.647. The minimum atomic E-state index is -2.40. The van der Waals surface area contributed by atoms with Gasteiger partial charge in [-0.2, -0.15) is 0 Å². The van der Waals surface area contributed by atoms with Crippen molar-refractivity contribution in [2.75, 3.05) is 7.11 Å². The van der Waals surface area contributed by atoms with Crippen molar-refractivity contribution in [2.24, 2.45) is 0 Å². The third-order valence-corrected chi connectivity index (χ3v) is 7.76.